The predicted octanol–water partition coefficient (Wildman–Crippen LogP) is 1.89. The first-order valence-corrected chi connectivity index (χ1v) is 5.50. The van der Waals surface area contributed by atoms with Gasteiger partial charge in [0.1, 0.15) is 5.82 Å². The Balaban J connectivity index is 2.10. The Morgan fingerprint density at radius 2 is 1.95 bits per heavy atom. The van der Waals surface area contributed by atoms with Crippen LogP contribution in [-0.4, -0.2) is 19.5 Å². The number of nitrogen functional groups attached to an aromatic ring is 1. The number of non-ortho nitro benzene ring substituents is 1. The average molecular weight is 255 g/mol. The highest BCUT2D eigenvalue weighted by molar-refractivity contribution is 5.66. The van der Waals surface area contributed by atoms with E-state index in [1.807, 2.05) is 0 Å². The Hall–Kier alpha value is -2.96. The molecule has 0 spiro atoms. The lowest BCUT2D eigenvalue weighted by Crippen LogP contribution is -2.00. The lowest BCUT2D eigenvalue weighted by Gasteiger charge is -2.04. The van der Waals surface area contributed by atoms with Gasteiger partial charge in [-0.25, -0.2) is 4.98 Å². The summed E-state index contributed by atoms with van der Waals surface area (Å²) >= 11 is 0. The van der Waals surface area contributed by atoms with E-state index in [4.69, 9.17) is 5.73 Å². The van der Waals surface area contributed by atoms with Crippen LogP contribution < -0.4 is 5.73 Å². The van der Waals surface area contributed by atoms with Crippen LogP contribution in [0.1, 0.15) is 0 Å². The van der Waals surface area contributed by atoms with E-state index in [1.54, 1.807) is 30.5 Å². The molecule has 2 heterocycles. The van der Waals surface area contributed by atoms with Crippen molar-refractivity contribution in [2.24, 2.45) is 0 Å². The minimum Gasteiger partial charge on any atom is -0.384 e. The Kier molecular flexibility index (Phi) is 2.38. The summed E-state index contributed by atoms with van der Waals surface area (Å²) in [5.41, 5.74) is 7.96. The van der Waals surface area contributed by atoms with E-state index in [0.717, 1.165) is 5.56 Å². The molecular formula is C12H9N5O2. The predicted molar refractivity (Wildman–Crippen MR) is 69.5 cm³/mol. The minimum atomic E-state index is -0.439. The number of benzene rings is 1. The Bertz CT molecular complexity index is 763. The van der Waals surface area contributed by atoms with Crippen molar-refractivity contribution in [1.82, 2.24) is 14.6 Å². The highest BCUT2D eigenvalue weighted by Gasteiger charge is 2.08. The van der Waals surface area contributed by atoms with Gasteiger partial charge in [0.2, 0.25) is 0 Å². The van der Waals surface area contributed by atoms with Crippen molar-refractivity contribution in [3.8, 4) is 11.3 Å². The zero-order valence-corrected chi connectivity index (χ0v) is 9.72. The number of aromatic nitrogens is 3. The minimum absolute atomic E-state index is 0.0437. The highest BCUT2D eigenvalue weighted by atomic mass is 16.6. The van der Waals surface area contributed by atoms with E-state index >= 15 is 0 Å². The lowest BCUT2D eigenvalue weighted by atomic mass is 10.1. The van der Waals surface area contributed by atoms with Crippen molar-refractivity contribution in [1.29, 1.82) is 0 Å². The molecule has 1 aromatic carbocycles. The number of nitrogens with two attached hydrogens (primary N) is 1. The first-order valence-electron chi connectivity index (χ1n) is 5.50. The molecule has 0 fully saturated rings. The number of anilines is 1. The topological polar surface area (TPSA) is 99.3 Å². The smallest absolute Gasteiger partial charge is 0.269 e. The maximum Gasteiger partial charge on any atom is 0.269 e. The van der Waals surface area contributed by atoms with Gasteiger partial charge in [-0.05, 0) is 12.1 Å². The second-order valence-corrected chi connectivity index (χ2v) is 3.97. The number of rotatable bonds is 2. The molecule has 3 aromatic rings. The Labute approximate surface area is 107 Å². The van der Waals surface area contributed by atoms with Crippen molar-refractivity contribution in [3.63, 3.8) is 0 Å². The van der Waals surface area contributed by atoms with E-state index in [9.17, 15) is 10.1 Å². The van der Waals surface area contributed by atoms with Crippen LogP contribution in [0.25, 0.3) is 16.9 Å². The monoisotopic (exact) mass is 255 g/mol. The molecule has 2 aromatic heterocycles. The molecular weight excluding hydrogens is 246 g/mol. The fourth-order valence-corrected chi connectivity index (χ4v) is 1.84. The largest absolute Gasteiger partial charge is 0.384 e. The number of nitrogens with zero attached hydrogens (tertiary/aromatic N) is 4. The van der Waals surface area contributed by atoms with E-state index in [0.29, 0.717) is 17.2 Å². The first kappa shape index (κ1) is 11.1. The molecule has 0 atom stereocenters. The van der Waals surface area contributed by atoms with Crippen LogP contribution in [0.15, 0.2) is 42.6 Å². The van der Waals surface area contributed by atoms with Gasteiger partial charge in [0.25, 0.3) is 5.69 Å². The standard InChI is InChI=1S/C12H9N5O2/c13-11-7-10(15-12-5-6-14-16(11)12)8-1-3-9(4-2-8)17(18)19/h1-7H,13H2. The number of nitro benzene ring substituents is 1. The van der Waals surface area contributed by atoms with E-state index in [-0.39, 0.29) is 5.69 Å². The fourth-order valence-electron chi connectivity index (χ4n) is 1.84. The average Bonchev–Trinajstić information content (AvgIpc) is 2.87. The molecule has 0 bridgehead atoms. The maximum absolute atomic E-state index is 10.6. The van der Waals surface area contributed by atoms with Gasteiger partial charge in [0.15, 0.2) is 5.65 Å². The molecule has 94 valence electrons. The zero-order valence-electron chi connectivity index (χ0n) is 9.72. The normalized spacial score (nSPS) is 10.7. The lowest BCUT2D eigenvalue weighted by molar-refractivity contribution is -0.384. The number of hydrogen-bond acceptors (Lipinski definition) is 5. The van der Waals surface area contributed by atoms with Crippen LogP contribution in [-0.2, 0) is 0 Å². The zero-order chi connectivity index (χ0) is 13.4. The van der Waals surface area contributed by atoms with Gasteiger partial charge in [-0.1, -0.05) is 0 Å². The number of hydrogen-bond donors (Lipinski definition) is 1. The molecule has 7 nitrogen and oxygen atoms in total. The summed E-state index contributed by atoms with van der Waals surface area (Å²) in [5, 5.41) is 14.6. The molecule has 0 radical (unpaired) electrons. The summed E-state index contributed by atoms with van der Waals surface area (Å²) in [6.45, 7) is 0. The van der Waals surface area contributed by atoms with Gasteiger partial charge in [-0.2, -0.15) is 9.61 Å². The molecule has 3 rings (SSSR count). The van der Waals surface area contributed by atoms with Gasteiger partial charge in [-0.15, -0.1) is 0 Å². The van der Waals surface area contributed by atoms with Gasteiger partial charge in [-0.3, -0.25) is 10.1 Å². The summed E-state index contributed by atoms with van der Waals surface area (Å²) in [6.07, 6.45) is 1.61. The van der Waals surface area contributed by atoms with Crippen LogP contribution in [0.2, 0.25) is 0 Å². The quantitative estimate of drug-likeness (QED) is 0.556. The first-order chi connectivity index (χ1) is 9.15. The summed E-state index contributed by atoms with van der Waals surface area (Å²) in [4.78, 5) is 14.6. The molecule has 0 aliphatic rings. The van der Waals surface area contributed by atoms with Gasteiger partial charge < -0.3 is 5.73 Å². The van der Waals surface area contributed by atoms with Gasteiger partial charge in [0, 0.05) is 29.8 Å². The molecule has 7 heteroatoms. The maximum atomic E-state index is 10.6. The van der Waals surface area contributed by atoms with Gasteiger partial charge >= 0.3 is 0 Å². The van der Waals surface area contributed by atoms with E-state index in [2.05, 4.69) is 10.1 Å². The van der Waals surface area contributed by atoms with Crippen LogP contribution in [0, 0.1) is 10.1 Å². The molecule has 0 saturated heterocycles. The Morgan fingerprint density at radius 1 is 1.21 bits per heavy atom. The summed E-state index contributed by atoms with van der Waals surface area (Å²) < 4.78 is 1.52. The van der Waals surface area contributed by atoms with Crippen molar-refractivity contribution in [3.05, 3.63) is 52.7 Å². The molecule has 0 aliphatic carbocycles. The second-order valence-electron chi connectivity index (χ2n) is 3.97. The van der Waals surface area contributed by atoms with E-state index in [1.165, 1.54) is 16.6 Å². The molecule has 0 amide bonds. The number of fused-ring (bicyclic) bond motifs is 1. The molecule has 0 aliphatic heterocycles. The summed E-state index contributed by atoms with van der Waals surface area (Å²) in [6, 6.07) is 9.59. The van der Waals surface area contributed by atoms with Crippen molar-refractivity contribution in [2.75, 3.05) is 5.73 Å². The third-order valence-corrected chi connectivity index (χ3v) is 2.76. The van der Waals surface area contributed by atoms with Gasteiger partial charge in [0.05, 0.1) is 16.8 Å². The van der Waals surface area contributed by atoms with Crippen LogP contribution in [0.3, 0.4) is 0 Å². The molecule has 0 unspecified atom stereocenters. The van der Waals surface area contributed by atoms with Crippen molar-refractivity contribution < 1.29 is 4.92 Å². The van der Waals surface area contributed by atoms with Crippen molar-refractivity contribution in [2.45, 2.75) is 0 Å². The van der Waals surface area contributed by atoms with Crippen LogP contribution in [0.4, 0.5) is 11.5 Å². The van der Waals surface area contributed by atoms with Crippen LogP contribution in [0.5, 0.6) is 0 Å². The summed E-state index contributed by atoms with van der Waals surface area (Å²) in [5.74, 6) is 0.461. The van der Waals surface area contributed by atoms with Crippen LogP contribution >= 0.6 is 0 Å². The Morgan fingerprint density at radius 3 is 2.63 bits per heavy atom. The fraction of sp³-hybridized carbons (Fsp3) is 0. The third kappa shape index (κ3) is 1.86. The number of nitro groups is 1. The highest BCUT2D eigenvalue weighted by Crippen LogP contribution is 2.23. The second kappa shape index (κ2) is 4.05. The molecule has 2 N–H and O–H groups in total. The SMILES string of the molecule is Nc1cc(-c2ccc([N+](=O)[O-])cc2)nc2ccnn12. The van der Waals surface area contributed by atoms with Crippen molar-refractivity contribution >= 4 is 17.2 Å². The summed E-state index contributed by atoms with van der Waals surface area (Å²) in [7, 11) is 0. The third-order valence-electron chi connectivity index (χ3n) is 2.76. The molecule has 19 heavy (non-hydrogen) atoms. The molecule has 0 saturated carbocycles. The van der Waals surface area contributed by atoms with E-state index < -0.39 is 4.92 Å².